The lowest BCUT2D eigenvalue weighted by atomic mass is 10.2. The molecule has 0 fully saturated rings. The maximum absolute atomic E-state index is 9.48. The summed E-state index contributed by atoms with van der Waals surface area (Å²) in [7, 11) is 1.61. The Kier molecular flexibility index (Phi) is 3.62. The molecule has 5 nitrogen and oxygen atoms in total. The fourth-order valence-corrected chi connectivity index (χ4v) is 2.44. The van der Waals surface area contributed by atoms with Crippen molar-refractivity contribution in [1.82, 2.24) is 10.1 Å². The molecule has 0 saturated heterocycles. The van der Waals surface area contributed by atoms with Gasteiger partial charge < -0.3 is 14.4 Å². The van der Waals surface area contributed by atoms with Crippen molar-refractivity contribution in [3.63, 3.8) is 0 Å². The monoisotopic (exact) mass is 346 g/mol. The van der Waals surface area contributed by atoms with E-state index in [4.69, 9.17) is 9.26 Å². The number of rotatable bonds is 3. The molecule has 0 unspecified atom stereocenters. The van der Waals surface area contributed by atoms with Crippen LogP contribution < -0.4 is 4.74 Å². The number of phenols is 1. The summed E-state index contributed by atoms with van der Waals surface area (Å²) in [5.41, 5.74) is 1.47. The van der Waals surface area contributed by atoms with Crippen LogP contribution in [0.4, 0.5) is 0 Å². The van der Waals surface area contributed by atoms with E-state index >= 15 is 0 Å². The molecule has 1 heterocycles. The molecular formula is C15H11BrN2O3. The smallest absolute Gasteiger partial charge is 0.258 e. The highest BCUT2D eigenvalue weighted by Crippen LogP contribution is 2.30. The average Bonchev–Trinajstić information content (AvgIpc) is 2.97. The number of hydrogen-bond donors (Lipinski definition) is 1. The van der Waals surface area contributed by atoms with Crippen molar-refractivity contribution in [2.45, 2.75) is 0 Å². The van der Waals surface area contributed by atoms with Crippen LogP contribution in [0.15, 0.2) is 51.5 Å². The van der Waals surface area contributed by atoms with Gasteiger partial charge in [0.1, 0.15) is 11.5 Å². The van der Waals surface area contributed by atoms with Gasteiger partial charge in [-0.2, -0.15) is 4.98 Å². The normalized spacial score (nSPS) is 10.6. The fourth-order valence-electron chi connectivity index (χ4n) is 1.90. The number of phenolic OH excluding ortho intramolecular Hbond substituents is 1. The van der Waals surface area contributed by atoms with Gasteiger partial charge in [-0.05, 0) is 52.3 Å². The molecule has 0 aliphatic rings. The minimum atomic E-state index is 0.152. The molecule has 0 radical (unpaired) electrons. The van der Waals surface area contributed by atoms with Crippen molar-refractivity contribution in [2.75, 3.05) is 7.11 Å². The van der Waals surface area contributed by atoms with Crippen molar-refractivity contribution in [3.05, 3.63) is 46.9 Å². The van der Waals surface area contributed by atoms with Gasteiger partial charge in [-0.1, -0.05) is 11.2 Å². The van der Waals surface area contributed by atoms with E-state index < -0.39 is 0 Å². The predicted octanol–water partition coefficient (Wildman–Crippen LogP) is 3.88. The predicted molar refractivity (Wildman–Crippen MR) is 81.1 cm³/mol. The third-order valence-electron chi connectivity index (χ3n) is 2.93. The van der Waals surface area contributed by atoms with Crippen LogP contribution in [0.1, 0.15) is 0 Å². The van der Waals surface area contributed by atoms with Crippen molar-refractivity contribution in [3.8, 4) is 34.3 Å². The molecule has 0 aliphatic heterocycles. The first kappa shape index (κ1) is 13.6. The van der Waals surface area contributed by atoms with Crippen molar-refractivity contribution in [2.24, 2.45) is 0 Å². The van der Waals surface area contributed by atoms with Crippen molar-refractivity contribution < 1.29 is 14.4 Å². The van der Waals surface area contributed by atoms with Gasteiger partial charge in [0.2, 0.25) is 5.82 Å². The number of halogens is 1. The van der Waals surface area contributed by atoms with Crippen LogP contribution in [0.5, 0.6) is 11.5 Å². The number of benzene rings is 2. The molecule has 0 bridgehead atoms. The van der Waals surface area contributed by atoms with E-state index in [0.29, 0.717) is 17.3 Å². The van der Waals surface area contributed by atoms with Gasteiger partial charge in [-0.3, -0.25) is 0 Å². The molecule has 0 atom stereocenters. The zero-order chi connectivity index (χ0) is 14.8. The highest BCUT2D eigenvalue weighted by molar-refractivity contribution is 9.10. The first-order chi connectivity index (χ1) is 10.2. The van der Waals surface area contributed by atoms with Crippen molar-refractivity contribution >= 4 is 15.9 Å². The zero-order valence-corrected chi connectivity index (χ0v) is 12.7. The molecule has 0 spiro atoms. The Labute approximate surface area is 129 Å². The average molecular weight is 347 g/mol. The van der Waals surface area contributed by atoms with E-state index in [1.165, 1.54) is 0 Å². The Morgan fingerprint density at radius 1 is 1.14 bits per heavy atom. The molecule has 0 aliphatic carbocycles. The number of aromatic hydroxyl groups is 1. The topological polar surface area (TPSA) is 68.4 Å². The first-order valence-corrected chi connectivity index (χ1v) is 6.93. The molecule has 21 heavy (non-hydrogen) atoms. The van der Waals surface area contributed by atoms with E-state index in [9.17, 15) is 5.11 Å². The van der Waals surface area contributed by atoms with Gasteiger partial charge in [0.25, 0.3) is 5.89 Å². The van der Waals surface area contributed by atoms with E-state index in [-0.39, 0.29) is 5.75 Å². The summed E-state index contributed by atoms with van der Waals surface area (Å²) < 4.78 is 11.2. The summed E-state index contributed by atoms with van der Waals surface area (Å²) in [5.74, 6) is 1.71. The summed E-state index contributed by atoms with van der Waals surface area (Å²) >= 11 is 3.42. The van der Waals surface area contributed by atoms with Crippen LogP contribution in [0, 0.1) is 0 Å². The van der Waals surface area contributed by atoms with Crippen molar-refractivity contribution in [1.29, 1.82) is 0 Å². The van der Waals surface area contributed by atoms with Crippen LogP contribution in [0.2, 0.25) is 0 Å². The molecule has 1 aromatic heterocycles. The van der Waals surface area contributed by atoms with Crippen LogP contribution in [-0.4, -0.2) is 22.4 Å². The number of aromatic nitrogens is 2. The van der Waals surface area contributed by atoms with Crippen LogP contribution >= 0.6 is 15.9 Å². The van der Waals surface area contributed by atoms with Crippen LogP contribution in [0.25, 0.3) is 22.8 Å². The van der Waals surface area contributed by atoms with E-state index in [0.717, 1.165) is 15.8 Å². The minimum Gasteiger partial charge on any atom is -0.508 e. The van der Waals surface area contributed by atoms with E-state index in [1.807, 2.05) is 18.2 Å². The molecule has 6 heteroatoms. The van der Waals surface area contributed by atoms with Gasteiger partial charge in [-0.25, -0.2) is 0 Å². The lowest BCUT2D eigenvalue weighted by molar-refractivity contribution is 0.412. The largest absolute Gasteiger partial charge is 0.508 e. The third-order valence-corrected chi connectivity index (χ3v) is 3.55. The Morgan fingerprint density at radius 2 is 2.00 bits per heavy atom. The van der Waals surface area contributed by atoms with Gasteiger partial charge in [0.05, 0.1) is 11.6 Å². The second kappa shape index (κ2) is 5.57. The maximum Gasteiger partial charge on any atom is 0.258 e. The SMILES string of the molecule is COc1ccc(-c2noc(-c3cccc(O)c3)n2)cc1Br. The summed E-state index contributed by atoms with van der Waals surface area (Å²) in [6, 6.07) is 12.2. The highest BCUT2D eigenvalue weighted by atomic mass is 79.9. The van der Waals surface area contributed by atoms with Gasteiger partial charge in [-0.15, -0.1) is 0 Å². The van der Waals surface area contributed by atoms with Crippen LogP contribution in [0.3, 0.4) is 0 Å². The summed E-state index contributed by atoms with van der Waals surface area (Å²) in [4.78, 5) is 4.34. The number of hydrogen-bond acceptors (Lipinski definition) is 5. The number of methoxy groups -OCH3 is 1. The number of ether oxygens (including phenoxy) is 1. The molecule has 2 aromatic carbocycles. The fraction of sp³-hybridized carbons (Fsp3) is 0.0667. The summed E-state index contributed by atoms with van der Waals surface area (Å²) in [6.07, 6.45) is 0. The molecule has 3 aromatic rings. The number of nitrogens with zero attached hydrogens (tertiary/aromatic N) is 2. The Hall–Kier alpha value is -2.34. The standard InChI is InChI=1S/C15H11BrN2O3/c1-20-13-6-5-9(8-12(13)16)14-17-15(21-18-14)10-3-2-4-11(19)7-10/h2-8,19H,1H3. The maximum atomic E-state index is 9.48. The molecular weight excluding hydrogens is 336 g/mol. The summed E-state index contributed by atoms with van der Waals surface area (Å²) in [6.45, 7) is 0. The molecule has 106 valence electrons. The van der Waals surface area contributed by atoms with Crippen LogP contribution in [-0.2, 0) is 0 Å². The molecule has 0 saturated carbocycles. The van der Waals surface area contributed by atoms with E-state index in [2.05, 4.69) is 26.1 Å². The second-order valence-corrected chi connectivity index (χ2v) is 5.18. The zero-order valence-electron chi connectivity index (χ0n) is 11.1. The van der Waals surface area contributed by atoms with Gasteiger partial charge in [0, 0.05) is 11.1 Å². The minimum absolute atomic E-state index is 0.152. The second-order valence-electron chi connectivity index (χ2n) is 4.32. The van der Waals surface area contributed by atoms with E-state index in [1.54, 1.807) is 31.4 Å². The summed E-state index contributed by atoms with van der Waals surface area (Å²) in [5, 5.41) is 13.4. The Balaban J connectivity index is 1.96. The Morgan fingerprint density at radius 3 is 2.71 bits per heavy atom. The lowest BCUT2D eigenvalue weighted by Crippen LogP contribution is -1.86. The first-order valence-electron chi connectivity index (χ1n) is 6.14. The molecule has 3 rings (SSSR count). The highest BCUT2D eigenvalue weighted by Gasteiger charge is 2.12. The van der Waals surface area contributed by atoms with Gasteiger partial charge >= 0.3 is 0 Å². The molecule has 1 N–H and O–H groups in total. The quantitative estimate of drug-likeness (QED) is 0.779. The Bertz CT molecular complexity index is 786. The third kappa shape index (κ3) is 2.75. The van der Waals surface area contributed by atoms with Gasteiger partial charge in [0.15, 0.2) is 0 Å². The molecule has 0 amide bonds. The lowest BCUT2D eigenvalue weighted by Gasteiger charge is -2.03.